The van der Waals surface area contributed by atoms with Crippen LogP contribution in [0.2, 0.25) is 5.15 Å². The largest absolute Gasteiger partial charge is 0.492 e. The number of rotatable bonds is 8. The van der Waals surface area contributed by atoms with Gasteiger partial charge in [0.15, 0.2) is 10.8 Å². The van der Waals surface area contributed by atoms with Crippen LogP contribution in [0.15, 0.2) is 72.0 Å². The van der Waals surface area contributed by atoms with Gasteiger partial charge in [0.25, 0.3) is 5.56 Å². The average Bonchev–Trinajstić information content (AvgIpc) is 2.76. The molecule has 2 aromatic carbocycles. The molecule has 0 radical (unpaired) electrons. The zero-order valence-electron chi connectivity index (χ0n) is 16.5. The minimum absolute atomic E-state index is 0.0441. The van der Waals surface area contributed by atoms with Crippen LogP contribution >= 0.6 is 11.6 Å². The molecule has 0 amide bonds. The molecule has 3 aromatic rings. The summed E-state index contributed by atoms with van der Waals surface area (Å²) in [6.07, 6.45) is 0. The number of aromatic nitrogens is 2. The Morgan fingerprint density at radius 2 is 1.70 bits per heavy atom. The zero-order chi connectivity index (χ0) is 21.5. The lowest BCUT2D eigenvalue weighted by Crippen LogP contribution is -2.30. The first kappa shape index (κ1) is 21.3. The van der Waals surface area contributed by atoms with Crippen molar-refractivity contribution in [2.45, 2.75) is 20.1 Å². The Labute approximate surface area is 179 Å². The van der Waals surface area contributed by atoms with Crippen LogP contribution in [0, 0.1) is 0 Å². The molecule has 0 aliphatic carbocycles. The van der Waals surface area contributed by atoms with E-state index in [2.05, 4.69) is 11.6 Å². The van der Waals surface area contributed by atoms with Crippen LogP contribution in [-0.4, -0.2) is 22.1 Å². The number of ether oxygens (including phenoxy) is 2. The Morgan fingerprint density at radius 3 is 2.33 bits per heavy atom. The fourth-order valence-corrected chi connectivity index (χ4v) is 3.19. The minimum atomic E-state index is -0.576. The number of benzene rings is 2. The highest BCUT2D eigenvalue weighted by Gasteiger charge is 2.21. The van der Waals surface area contributed by atoms with Gasteiger partial charge in [0, 0.05) is 5.56 Å². The molecule has 0 unspecified atom stereocenters. The maximum Gasteiger partial charge on any atom is 0.326 e. The third-order valence-electron chi connectivity index (χ3n) is 4.28. The van der Waals surface area contributed by atoms with E-state index in [1.54, 1.807) is 31.2 Å². The van der Waals surface area contributed by atoms with Crippen LogP contribution in [0.1, 0.15) is 18.2 Å². The van der Waals surface area contributed by atoms with Gasteiger partial charge >= 0.3 is 5.97 Å². The molecule has 0 aliphatic heterocycles. The van der Waals surface area contributed by atoms with Crippen molar-refractivity contribution >= 4 is 23.3 Å². The molecular weight excluding hydrogens is 404 g/mol. The first-order valence-electron chi connectivity index (χ1n) is 9.38. The Kier molecular flexibility index (Phi) is 7.03. The molecule has 1 heterocycles. The molecule has 0 aliphatic rings. The van der Waals surface area contributed by atoms with Crippen molar-refractivity contribution in [3.05, 3.63) is 94.0 Å². The van der Waals surface area contributed by atoms with Crippen molar-refractivity contribution in [3.63, 3.8) is 0 Å². The van der Waals surface area contributed by atoms with Gasteiger partial charge in [-0.3, -0.25) is 14.2 Å². The third kappa shape index (κ3) is 4.96. The summed E-state index contributed by atoms with van der Waals surface area (Å²) in [5, 5.41) is 0.0625. The summed E-state index contributed by atoms with van der Waals surface area (Å²) in [5.41, 5.74) is 1.24. The van der Waals surface area contributed by atoms with Gasteiger partial charge in [0.1, 0.15) is 18.9 Å². The highest BCUT2D eigenvalue weighted by Crippen LogP contribution is 2.26. The zero-order valence-corrected chi connectivity index (χ0v) is 17.3. The van der Waals surface area contributed by atoms with Gasteiger partial charge in [0.05, 0.1) is 12.3 Å². The van der Waals surface area contributed by atoms with Gasteiger partial charge in [-0.2, -0.15) is 0 Å². The number of halogens is 1. The minimum Gasteiger partial charge on any atom is -0.492 e. The maximum absolute atomic E-state index is 13.1. The van der Waals surface area contributed by atoms with E-state index in [0.717, 1.165) is 5.56 Å². The van der Waals surface area contributed by atoms with Gasteiger partial charge in [-0.05, 0) is 12.5 Å². The van der Waals surface area contributed by atoms with E-state index in [1.165, 1.54) is 4.57 Å². The lowest BCUT2D eigenvalue weighted by molar-refractivity contribution is -0.145. The first-order chi connectivity index (χ1) is 14.5. The van der Waals surface area contributed by atoms with Crippen LogP contribution in [0.4, 0.5) is 0 Å². The van der Waals surface area contributed by atoms with Crippen LogP contribution in [0.3, 0.4) is 0 Å². The predicted molar refractivity (Wildman–Crippen MR) is 116 cm³/mol. The van der Waals surface area contributed by atoms with Gasteiger partial charge in [-0.25, -0.2) is 4.98 Å². The number of carbonyl (C=O) groups excluding carboxylic acids is 1. The Bertz CT molecular complexity index is 1100. The second-order valence-electron chi connectivity index (χ2n) is 6.36. The smallest absolute Gasteiger partial charge is 0.326 e. The van der Waals surface area contributed by atoms with E-state index >= 15 is 0 Å². The van der Waals surface area contributed by atoms with Crippen molar-refractivity contribution in [3.8, 4) is 11.3 Å². The summed E-state index contributed by atoms with van der Waals surface area (Å²) in [6, 6.07) is 18.3. The molecule has 0 spiro atoms. The molecular formula is C23H21ClN2O4. The molecule has 0 bridgehead atoms. The summed E-state index contributed by atoms with van der Waals surface area (Å²) in [6.45, 7) is 5.60. The highest BCUT2D eigenvalue weighted by molar-refractivity contribution is 6.31. The number of nitrogens with zero attached hydrogens (tertiary/aromatic N) is 2. The molecule has 154 valence electrons. The fraction of sp³-hybridized carbons (Fsp3) is 0.174. The molecule has 30 heavy (non-hydrogen) atoms. The Balaban J connectivity index is 1.98. The van der Waals surface area contributed by atoms with Crippen LogP contribution in [0.5, 0.6) is 0 Å². The van der Waals surface area contributed by atoms with Crippen molar-refractivity contribution in [2.75, 3.05) is 6.61 Å². The van der Waals surface area contributed by atoms with Gasteiger partial charge < -0.3 is 9.47 Å². The molecule has 0 atom stereocenters. The van der Waals surface area contributed by atoms with Crippen LogP contribution in [-0.2, 0) is 27.4 Å². The Hall–Kier alpha value is -3.38. The monoisotopic (exact) mass is 424 g/mol. The molecule has 0 saturated carbocycles. The average molecular weight is 425 g/mol. The molecule has 0 N–H and O–H groups in total. The third-order valence-corrected chi connectivity index (χ3v) is 4.55. The quantitative estimate of drug-likeness (QED) is 0.398. The lowest BCUT2D eigenvalue weighted by atomic mass is 10.1. The van der Waals surface area contributed by atoms with Gasteiger partial charge in [-0.15, -0.1) is 0 Å². The van der Waals surface area contributed by atoms with E-state index < -0.39 is 11.5 Å². The van der Waals surface area contributed by atoms with Crippen molar-refractivity contribution in [1.29, 1.82) is 0 Å². The predicted octanol–water partition coefficient (Wildman–Crippen LogP) is 4.31. The van der Waals surface area contributed by atoms with E-state index in [-0.39, 0.29) is 29.8 Å². The SMILES string of the molecule is C=C(OCC)c1nc(Cl)c(-c2ccccc2)n(CC(=O)OCc2ccccc2)c1=O. The second kappa shape index (κ2) is 9.89. The molecule has 0 saturated heterocycles. The van der Waals surface area contributed by atoms with Gasteiger partial charge in [0.2, 0.25) is 0 Å². The molecule has 1 aromatic heterocycles. The summed E-state index contributed by atoms with van der Waals surface area (Å²) in [7, 11) is 0. The summed E-state index contributed by atoms with van der Waals surface area (Å²) < 4.78 is 11.9. The number of carbonyl (C=O) groups is 1. The first-order valence-corrected chi connectivity index (χ1v) is 9.76. The molecule has 3 rings (SSSR count). The summed E-state index contributed by atoms with van der Waals surface area (Å²) in [4.78, 5) is 29.9. The van der Waals surface area contributed by atoms with Crippen LogP contribution < -0.4 is 5.56 Å². The molecule has 6 nitrogen and oxygen atoms in total. The summed E-state index contributed by atoms with van der Waals surface area (Å²) in [5.74, 6) is -0.483. The lowest BCUT2D eigenvalue weighted by Gasteiger charge is -2.16. The van der Waals surface area contributed by atoms with E-state index in [4.69, 9.17) is 21.1 Å². The van der Waals surface area contributed by atoms with E-state index in [9.17, 15) is 9.59 Å². The number of hydrogen-bond donors (Lipinski definition) is 0. The normalized spacial score (nSPS) is 10.5. The molecule has 0 fully saturated rings. The highest BCUT2D eigenvalue weighted by atomic mass is 35.5. The van der Waals surface area contributed by atoms with Crippen molar-refractivity contribution in [1.82, 2.24) is 9.55 Å². The maximum atomic E-state index is 13.1. The fourth-order valence-electron chi connectivity index (χ4n) is 2.90. The Morgan fingerprint density at radius 1 is 1.07 bits per heavy atom. The standard InChI is InChI=1S/C23H21ClN2O4/c1-3-29-16(2)20-23(28)26(14-19(27)30-15-17-10-6-4-7-11-17)21(22(24)25-20)18-12-8-5-9-13-18/h4-13H,2-3,14-15H2,1H3. The van der Waals surface area contributed by atoms with Crippen LogP contribution in [0.25, 0.3) is 17.0 Å². The van der Waals surface area contributed by atoms with Crippen molar-refractivity contribution < 1.29 is 14.3 Å². The summed E-state index contributed by atoms with van der Waals surface area (Å²) >= 11 is 6.42. The van der Waals surface area contributed by atoms with Crippen molar-refractivity contribution in [2.24, 2.45) is 0 Å². The second-order valence-corrected chi connectivity index (χ2v) is 6.72. The number of esters is 1. The van der Waals surface area contributed by atoms with E-state index in [1.807, 2.05) is 36.4 Å². The topological polar surface area (TPSA) is 70.4 Å². The van der Waals surface area contributed by atoms with Gasteiger partial charge in [-0.1, -0.05) is 78.8 Å². The number of hydrogen-bond acceptors (Lipinski definition) is 5. The van der Waals surface area contributed by atoms with E-state index in [0.29, 0.717) is 17.9 Å². The molecule has 7 heteroatoms.